The number of hydrogen-bond donors (Lipinski definition) is 0. The molecule has 3 rings (SSSR count). The van der Waals surface area contributed by atoms with Gasteiger partial charge in [0.25, 0.3) is 0 Å². The molecule has 0 radical (unpaired) electrons. The van der Waals surface area contributed by atoms with Gasteiger partial charge in [-0.25, -0.2) is 9.78 Å². The molecule has 5 nitrogen and oxygen atoms in total. The topological polar surface area (TPSA) is 51.7 Å². The van der Waals surface area contributed by atoms with E-state index >= 15 is 0 Å². The quantitative estimate of drug-likeness (QED) is 0.258. The Labute approximate surface area is 201 Å². The number of thiazole rings is 1. The van der Waals surface area contributed by atoms with E-state index in [0.29, 0.717) is 22.9 Å². The molecule has 0 spiro atoms. The van der Waals surface area contributed by atoms with Crippen molar-refractivity contribution in [1.82, 2.24) is 4.98 Å². The fourth-order valence-corrected chi connectivity index (χ4v) is 4.62. The molecule has 0 fully saturated rings. The number of carbonyl (C=O) groups excluding carboxylic acids is 1. The van der Waals surface area contributed by atoms with Crippen LogP contribution in [-0.2, 0) is 22.3 Å². The van der Waals surface area contributed by atoms with Crippen molar-refractivity contribution in [3.8, 4) is 16.3 Å². The molecule has 0 saturated carbocycles. The van der Waals surface area contributed by atoms with Crippen LogP contribution in [0.2, 0.25) is 0 Å². The van der Waals surface area contributed by atoms with Crippen molar-refractivity contribution >= 4 is 45.6 Å². The number of esters is 1. The Hall–Kier alpha value is -2.34. The van der Waals surface area contributed by atoms with Gasteiger partial charge >= 0.3 is 12.1 Å². The molecule has 3 aromatic rings. The maximum absolute atomic E-state index is 12.8. The number of alkyl halides is 3. The van der Waals surface area contributed by atoms with Gasteiger partial charge in [-0.3, -0.25) is 0 Å². The third kappa shape index (κ3) is 5.91. The normalized spacial score (nSPS) is 11.3. The summed E-state index contributed by atoms with van der Waals surface area (Å²) < 4.78 is 49.3. The highest BCUT2D eigenvalue weighted by Gasteiger charge is 2.30. The number of carbonyl (C=O) groups is 1. The van der Waals surface area contributed by atoms with Crippen LogP contribution in [0.3, 0.4) is 0 Å². The third-order valence-electron chi connectivity index (χ3n) is 4.66. The smallest absolute Gasteiger partial charge is 0.416 e. The molecule has 10 heteroatoms. The molecular weight excluding hydrogens is 556 g/mol. The molecule has 2 aromatic carbocycles. The Kier molecular flexibility index (Phi) is 7.65. The van der Waals surface area contributed by atoms with Crippen molar-refractivity contribution in [1.29, 1.82) is 0 Å². The number of nitrogens with zero attached hydrogens (tertiary/aromatic N) is 2. The highest BCUT2D eigenvalue weighted by Crippen LogP contribution is 2.34. The number of hydrogen-bond acceptors (Lipinski definition) is 6. The summed E-state index contributed by atoms with van der Waals surface area (Å²) >= 11 is 3.60. The standard InChI is InChI=1S/C22H20F3IN2O3S/c1-13-19(32-21(27-13)14-4-6-15(7-5-14)22(23,24)25)11-28(2)16-8-9-18(17(26)10-16)31-12-20(29)30-3/h4-10H,11-12H2,1-3H3. The second kappa shape index (κ2) is 10.1. The van der Waals surface area contributed by atoms with E-state index < -0.39 is 17.7 Å². The summed E-state index contributed by atoms with van der Waals surface area (Å²) in [5.74, 6) is 0.137. The highest BCUT2D eigenvalue weighted by atomic mass is 127. The summed E-state index contributed by atoms with van der Waals surface area (Å²) in [4.78, 5) is 18.9. The van der Waals surface area contributed by atoms with Crippen molar-refractivity contribution in [2.45, 2.75) is 19.6 Å². The lowest BCUT2D eigenvalue weighted by atomic mass is 10.1. The third-order valence-corrected chi connectivity index (χ3v) is 6.70. The van der Waals surface area contributed by atoms with Crippen LogP contribution in [0, 0.1) is 10.5 Å². The lowest BCUT2D eigenvalue weighted by Gasteiger charge is -2.20. The van der Waals surface area contributed by atoms with Crippen LogP contribution >= 0.6 is 33.9 Å². The predicted octanol–water partition coefficient (Wildman–Crippen LogP) is 5.93. The molecule has 170 valence electrons. The minimum absolute atomic E-state index is 0.158. The summed E-state index contributed by atoms with van der Waals surface area (Å²) in [6.07, 6.45) is -4.36. The first kappa shape index (κ1) is 24.3. The van der Waals surface area contributed by atoms with Crippen LogP contribution in [-0.4, -0.2) is 31.7 Å². The zero-order chi connectivity index (χ0) is 23.5. The van der Waals surface area contributed by atoms with Crippen molar-refractivity contribution in [3.63, 3.8) is 0 Å². The Balaban J connectivity index is 1.72. The van der Waals surface area contributed by atoms with Gasteiger partial charge in [-0.2, -0.15) is 13.2 Å². The molecule has 0 aliphatic heterocycles. The molecule has 0 aliphatic rings. The number of aromatic nitrogens is 1. The van der Waals surface area contributed by atoms with Crippen molar-refractivity contribution < 1.29 is 27.4 Å². The molecule has 0 atom stereocenters. The Morgan fingerprint density at radius 2 is 1.88 bits per heavy atom. The van der Waals surface area contributed by atoms with Crippen molar-refractivity contribution in [2.75, 3.05) is 25.7 Å². The summed E-state index contributed by atoms with van der Waals surface area (Å²) in [5.41, 5.74) is 1.76. The van der Waals surface area contributed by atoms with E-state index in [9.17, 15) is 18.0 Å². The van der Waals surface area contributed by atoms with Gasteiger partial charge in [-0.15, -0.1) is 11.3 Å². The van der Waals surface area contributed by atoms with Crippen LogP contribution in [0.5, 0.6) is 5.75 Å². The molecule has 1 aromatic heterocycles. The second-order valence-corrected chi connectivity index (χ2v) is 9.18. The molecule has 0 saturated heterocycles. The fourth-order valence-electron chi connectivity index (χ4n) is 2.85. The molecule has 0 unspecified atom stereocenters. The van der Waals surface area contributed by atoms with Crippen molar-refractivity contribution in [2.24, 2.45) is 0 Å². The first-order valence-corrected chi connectivity index (χ1v) is 11.3. The van der Waals surface area contributed by atoms with E-state index in [4.69, 9.17) is 4.74 Å². The summed E-state index contributed by atoms with van der Waals surface area (Å²) in [6, 6.07) is 10.7. The van der Waals surface area contributed by atoms with Gasteiger partial charge < -0.3 is 14.4 Å². The van der Waals surface area contributed by atoms with Crippen LogP contribution in [0.15, 0.2) is 42.5 Å². The number of methoxy groups -OCH3 is 1. The largest absolute Gasteiger partial charge is 0.481 e. The number of aryl methyl sites for hydroxylation is 1. The first-order chi connectivity index (χ1) is 15.1. The maximum Gasteiger partial charge on any atom is 0.416 e. The van der Waals surface area contributed by atoms with E-state index in [-0.39, 0.29) is 6.61 Å². The average molecular weight is 576 g/mol. The van der Waals surface area contributed by atoms with E-state index in [2.05, 4.69) is 32.3 Å². The van der Waals surface area contributed by atoms with E-state index in [1.165, 1.54) is 30.6 Å². The SMILES string of the molecule is COC(=O)COc1ccc(N(C)Cc2sc(-c3ccc(C(F)(F)F)cc3)nc2C)cc1I. The van der Waals surface area contributed by atoms with Gasteiger partial charge in [0, 0.05) is 23.2 Å². The molecule has 1 heterocycles. The lowest BCUT2D eigenvalue weighted by Crippen LogP contribution is -2.17. The minimum atomic E-state index is -4.36. The monoisotopic (exact) mass is 576 g/mol. The molecule has 0 N–H and O–H groups in total. The summed E-state index contributed by atoms with van der Waals surface area (Å²) in [6.45, 7) is 2.32. The van der Waals surface area contributed by atoms with Crippen LogP contribution in [0.25, 0.3) is 10.6 Å². The van der Waals surface area contributed by atoms with Crippen LogP contribution in [0.1, 0.15) is 16.1 Å². The molecule has 0 bridgehead atoms. The number of benzene rings is 2. The first-order valence-electron chi connectivity index (χ1n) is 9.42. The summed E-state index contributed by atoms with van der Waals surface area (Å²) in [5, 5.41) is 0.681. The van der Waals surface area contributed by atoms with Gasteiger partial charge in [0.1, 0.15) is 10.8 Å². The zero-order valence-corrected chi connectivity index (χ0v) is 20.5. The Bertz CT molecular complexity index is 1100. The predicted molar refractivity (Wildman–Crippen MR) is 126 cm³/mol. The number of rotatable bonds is 7. The second-order valence-electron chi connectivity index (χ2n) is 6.94. The highest BCUT2D eigenvalue weighted by molar-refractivity contribution is 14.1. The van der Waals surface area contributed by atoms with Gasteiger partial charge in [-0.1, -0.05) is 12.1 Å². The fraction of sp³-hybridized carbons (Fsp3) is 0.273. The van der Waals surface area contributed by atoms with Crippen LogP contribution < -0.4 is 9.64 Å². The van der Waals surface area contributed by atoms with Gasteiger partial charge in [0.2, 0.25) is 0 Å². The maximum atomic E-state index is 12.8. The van der Waals surface area contributed by atoms with Crippen molar-refractivity contribution in [3.05, 3.63) is 62.2 Å². The number of halogens is 4. The Morgan fingerprint density at radius 3 is 2.47 bits per heavy atom. The lowest BCUT2D eigenvalue weighted by molar-refractivity contribution is -0.143. The zero-order valence-electron chi connectivity index (χ0n) is 17.5. The van der Waals surface area contributed by atoms with Gasteiger partial charge in [0.15, 0.2) is 6.61 Å². The molecule has 32 heavy (non-hydrogen) atoms. The molecule has 0 aliphatic carbocycles. The summed E-state index contributed by atoms with van der Waals surface area (Å²) in [7, 11) is 3.25. The average Bonchev–Trinajstić information content (AvgIpc) is 3.12. The van der Waals surface area contributed by atoms with Gasteiger partial charge in [-0.05, 0) is 59.8 Å². The van der Waals surface area contributed by atoms with E-state index in [1.54, 1.807) is 6.07 Å². The molecule has 0 amide bonds. The molecular formula is C22H20F3IN2O3S. The number of anilines is 1. The Morgan fingerprint density at radius 1 is 1.19 bits per heavy atom. The van der Waals surface area contributed by atoms with E-state index in [1.807, 2.05) is 31.0 Å². The minimum Gasteiger partial charge on any atom is -0.481 e. The van der Waals surface area contributed by atoms with Crippen LogP contribution in [0.4, 0.5) is 18.9 Å². The van der Waals surface area contributed by atoms with Gasteiger partial charge in [0.05, 0.1) is 28.5 Å². The number of ether oxygens (including phenoxy) is 2. The van der Waals surface area contributed by atoms with E-state index in [0.717, 1.165) is 32.0 Å².